The predicted octanol–water partition coefficient (Wildman–Crippen LogP) is 8.33. The van der Waals surface area contributed by atoms with Crippen molar-refractivity contribution in [2.45, 2.75) is 7.25 Å². The second-order valence-corrected chi connectivity index (χ2v) is 20.8. The van der Waals surface area contributed by atoms with Gasteiger partial charge in [-0.05, 0) is 0 Å². The standard InChI is InChI=1S/2C13H9.2C6H5.Zr/c2*1-3-7-12-10(5-1)9-11-6-2-4-8-13(11)12;2*1-2-4-6-5-3-1;/h2*1-9H;2*1-5H;. The number of hydrogen-bond acceptors (Lipinski definition) is 0. The Kier molecular flexibility index (Phi) is 5.42. The van der Waals surface area contributed by atoms with Crippen LogP contribution in [0, 0.1) is 0 Å². The third-order valence-corrected chi connectivity index (χ3v) is 23.0. The van der Waals surface area contributed by atoms with Crippen LogP contribution in [0.2, 0.25) is 0 Å². The Balaban J connectivity index is 1.57. The summed E-state index contributed by atoms with van der Waals surface area (Å²) in [6, 6.07) is 60.1. The minimum atomic E-state index is -3.87. The van der Waals surface area contributed by atoms with Crippen molar-refractivity contribution in [2.75, 3.05) is 0 Å². The topological polar surface area (TPSA) is 0 Å². The van der Waals surface area contributed by atoms with E-state index in [1.165, 1.54) is 44.5 Å². The molecule has 2 aliphatic carbocycles. The molecule has 0 saturated heterocycles. The molecule has 0 fully saturated rings. The molecule has 0 aliphatic heterocycles. The van der Waals surface area contributed by atoms with E-state index < -0.39 is 20.3 Å². The van der Waals surface area contributed by atoms with Gasteiger partial charge in [-0.1, -0.05) is 0 Å². The van der Waals surface area contributed by atoms with E-state index in [0.29, 0.717) is 7.25 Å². The summed E-state index contributed by atoms with van der Waals surface area (Å²) < 4.78 is 3.82. The monoisotopic (exact) mass is 574 g/mol. The van der Waals surface area contributed by atoms with Gasteiger partial charge in [-0.15, -0.1) is 0 Å². The fourth-order valence-electron chi connectivity index (χ4n) is 7.72. The molecular formula is C38H28Zr. The molecule has 0 bridgehead atoms. The molecule has 1 heteroatoms. The van der Waals surface area contributed by atoms with E-state index in [0.717, 1.165) is 0 Å². The van der Waals surface area contributed by atoms with E-state index in [1.807, 2.05) is 0 Å². The van der Waals surface area contributed by atoms with Crippen molar-refractivity contribution in [1.82, 2.24) is 0 Å². The third-order valence-electron chi connectivity index (χ3n) is 9.08. The van der Waals surface area contributed by atoms with Crippen LogP contribution in [0.3, 0.4) is 0 Å². The second kappa shape index (κ2) is 9.15. The van der Waals surface area contributed by atoms with Crippen LogP contribution < -0.4 is 6.54 Å². The molecule has 0 aromatic heterocycles. The normalized spacial score (nSPS) is 13.9. The zero-order valence-electron chi connectivity index (χ0n) is 21.7. The van der Waals surface area contributed by atoms with Gasteiger partial charge in [0.15, 0.2) is 0 Å². The predicted molar refractivity (Wildman–Crippen MR) is 160 cm³/mol. The van der Waals surface area contributed by atoms with Crippen molar-refractivity contribution in [1.29, 1.82) is 0 Å². The van der Waals surface area contributed by atoms with Crippen LogP contribution in [-0.4, -0.2) is 0 Å². The van der Waals surface area contributed by atoms with Crippen LogP contribution in [0.5, 0.6) is 0 Å². The average Bonchev–Trinajstić information content (AvgIpc) is 3.53. The summed E-state index contributed by atoms with van der Waals surface area (Å²) in [4.78, 5) is 0. The molecule has 0 atom stereocenters. The van der Waals surface area contributed by atoms with Crippen LogP contribution in [0.4, 0.5) is 0 Å². The first kappa shape index (κ1) is 23.1. The first-order chi connectivity index (χ1) is 19.4. The van der Waals surface area contributed by atoms with Crippen molar-refractivity contribution in [3.63, 3.8) is 0 Å². The molecule has 0 spiro atoms. The molecule has 2 aliphatic rings. The summed E-state index contributed by atoms with van der Waals surface area (Å²) in [6.45, 7) is 0. The van der Waals surface area contributed by atoms with Gasteiger partial charge < -0.3 is 0 Å². The zero-order chi connectivity index (χ0) is 25.8. The van der Waals surface area contributed by atoms with Crippen molar-refractivity contribution in [3.8, 4) is 22.3 Å². The number of hydrogen-bond donors (Lipinski definition) is 0. The maximum absolute atomic E-state index is 3.87. The summed E-state index contributed by atoms with van der Waals surface area (Å²) >= 11 is -3.87. The molecule has 0 amide bonds. The molecule has 39 heavy (non-hydrogen) atoms. The van der Waals surface area contributed by atoms with E-state index in [4.69, 9.17) is 0 Å². The fraction of sp³-hybridized carbons (Fsp3) is 0.0526. The van der Waals surface area contributed by atoms with Gasteiger partial charge in [0.1, 0.15) is 0 Å². The summed E-state index contributed by atoms with van der Waals surface area (Å²) in [5, 5.41) is 0. The summed E-state index contributed by atoms with van der Waals surface area (Å²) in [6.07, 6.45) is 0. The summed E-state index contributed by atoms with van der Waals surface area (Å²) in [5.74, 6) is 0. The van der Waals surface area contributed by atoms with Gasteiger partial charge in [-0.3, -0.25) is 0 Å². The molecule has 184 valence electrons. The van der Waals surface area contributed by atoms with Gasteiger partial charge in [0.2, 0.25) is 0 Å². The van der Waals surface area contributed by atoms with Crippen LogP contribution in [0.15, 0.2) is 158 Å². The van der Waals surface area contributed by atoms with Crippen LogP contribution >= 0.6 is 0 Å². The molecule has 0 unspecified atom stereocenters. The second-order valence-electron chi connectivity index (χ2n) is 10.8. The Morgan fingerprint density at radius 2 is 0.538 bits per heavy atom. The van der Waals surface area contributed by atoms with Crippen LogP contribution in [-0.2, 0) is 20.3 Å². The number of fused-ring (bicyclic) bond motifs is 6. The summed E-state index contributed by atoms with van der Waals surface area (Å²) in [7, 11) is 0. The Hall–Kier alpha value is -3.80. The molecule has 0 N–H and O–H groups in total. The van der Waals surface area contributed by atoms with Gasteiger partial charge in [-0.2, -0.15) is 0 Å². The van der Waals surface area contributed by atoms with Gasteiger partial charge in [0.05, 0.1) is 0 Å². The van der Waals surface area contributed by atoms with Gasteiger partial charge in [0.25, 0.3) is 0 Å². The SMILES string of the molecule is c1cc[c]([Zr]([c]2ccccc2)([CH]2c3ccccc3-c3ccccc32)[CH]2c3ccccc3-c3ccccc32)cc1. The van der Waals surface area contributed by atoms with Crippen LogP contribution in [0.25, 0.3) is 22.3 Å². The Bertz CT molecular complexity index is 1590. The molecule has 6 aromatic carbocycles. The minimum absolute atomic E-state index is 0.348. The van der Waals surface area contributed by atoms with E-state index in [2.05, 4.69) is 158 Å². The van der Waals surface area contributed by atoms with Crippen molar-refractivity contribution in [3.05, 3.63) is 180 Å². The number of rotatable bonds is 4. The van der Waals surface area contributed by atoms with Gasteiger partial charge >= 0.3 is 236 Å². The first-order valence-electron chi connectivity index (χ1n) is 13.9. The van der Waals surface area contributed by atoms with Crippen molar-refractivity contribution < 1.29 is 20.3 Å². The molecule has 6 aromatic rings. The van der Waals surface area contributed by atoms with Crippen molar-refractivity contribution >= 4 is 6.54 Å². The zero-order valence-corrected chi connectivity index (χ0v) is 24.1. The first-order valence-corrected chi connectivity index (χ1v) is 19.2. The molecule has 0 radical (unpaired) electrons. The van der Waals surface area contributed by atoms with E-state index in [9.17, 15) is 0 Å². The number of benzene rings is 6. The average molecular weight is 576 g/mol. The van der Waals surface area contributed by atoms with Crippen LogP contribution in [0.1, 0.15) is 29.5 Å². The molecular weight excluding hydrogens is 548 g/mol. The molecule has 0 saturated carbocycles. The van der Waals surface area contributed by atoms with Gasteiger partial charge in [-0.25, -0.2) is 0 Å². The van der Waals surface area contributed by atoms with E-state index >= 15 is 0 Å². The van der Waals surface area contributed by atoms with E-state index in [1.54, 1.807) is 6.54 Å². The Morgan fingerprint density at radius 1 is 0.282 bits per heavy atom. The Morgan fingerprint density at radius 3 is 0.846 bits per heavy atom. The quantitative estimate of drug-likeness (QED) is 0.198. The van der Waals surface area contributed by atoms with Gasteiger partial charge in [0, 0.05) is 0 Å². The molecule has 8 rings (SSSR count). The molecule has 0 nitrogen and oxygen atoms in total. The molecule has 0 heterocycles. The van der Waals surface area contributed by atoms with Crippen molar-refractivity contribution in [2.24, 2.45) is 0 Å². The van der Waals surface area contributed by atoms with E-state index in [-0.39, 0.29) is 0 Å². The third kappa shape index (κ3) is 3.27. The maximum atomic E-state index is 2.45. The summed E-state index contributed by atoms with van der Waals surface area (Å²) in [5.41, 5.74) is 11.6. The Labute approximate surface area is 235 Å². The fourth-order valence-corrected chi connectivity index (χ4v) is 23.6.